The minimum absolute atomic E-state index is 0.257. The number of rotatable bonds is 8. The normalized spacial score (nSPS) is 20.2. The van der Waals surface area contributed by atoms with Gasteiger partial charge >= 0.3 is 0 Å². The molecule has 1 saturated heterocycles. The van der Waals surface area contributed by atoms with Crippen molar-refractivity contribution in [2.24, 2.45) is 0 Å². The first-order chi connectivity index (χ1) is 10.2. The van der Waals surface area contributed by atoms with E-state index in [2.05, 4.69) is 5.32 Å². The van der Waals surface area contributed by atoms with E-state index in [-0.39, 0.29) is 6.61 Å². The zero-order chi connectivity index (χ0) is 14.9. The molecule has 2 unspecified atom stereocenters. The van der Waals surface area contributed by atoms with Crippen LogP contribution in [0.4, 0.5) is 0 Å². The second kappa shape index (κ2) is 9.26. The molecule has 2 N–H and O–H groups in total. The first-order valence-electron chi connectivity index (χ1n) is 7.63. The minimum Gasteiger partial charge on any atom is -0.491 e. The molecule has 0 radical (unpaired) electrons. The number of halogens is 1. The standard InChI is InChI=1S/C16H24ClNO3/c17-13-4-3-6-16(10-13)21-12-14(19)11-18-8-7-15-5-1-2-9-20-15/h3-4,6,10,14-15,18-19H,1-2,5,7-9,11-12H2. The van der Waals surface area contributed by atoms with Crippen LogP contribution in [0.25, 0.3) is 0 Å². The number of ether oxygens (including phenoxy) is 2. The maximum absolute atomic E-state index is 9.87. The molecule has 1 fully saturated rings. The highest BCUT2D eigenvalue weighted by Gasteiger charge is 2.13. The van der Waals surface area contributed by atoms with E-state index in [0.717, 1.165) is 26.0 Å². The number of aliphatic hydroxyl groups is 1. The molecule has 1 aliphatic rings. The van der Waals surface area contributed by atoms with Gasteiger partial charge in [-0.3, -0.25) is 0 Å². The molecule has 0 amide bonds. The summed E-state index contributed by atoms with van der Waals surface area (Å²) in [5.41, 5.74) is 0. The van der Waals surface area contributed by atoms with Crippen molar-refractivity contribution in [2.75, 3.05) is 26.3 Å². The Morgan fingerprint density at radius 2 is 2.33 bits per heavy atom. The van der Waals surface area contributed by atoms with Crippen molar-refractivity contribution in [3.63, 3.8) is 0 Å². The summed E-state index contributed by atoms with van der Waals surface area (Å²) >= 11 is 5.87. The Morgan fingerprint density at radius 1 is 1.43 bits per heavy atom. The van der Waals surface area contributed by atoms with Crippen molar-refractivity contribution in [3.05, 3.63) is 29.3 Å². The fraction of sp³-hybridized carbons (Fsp3) is 0.625. The maximum atomic E-state index is 9.87. The van der Waals surface area contributed by atoms with Gasteiger partial charge in [0.2, 0.25) is 0 Å². The molecule has 1 aromatic rings. The van der Waals surface area contributed by atoms with Gasteiger partial charge < -0.3 is 19.9 Å². The van der Waals surface area contributed by atoms with Gasteiger partial charge in [-0.2, -0.15) is 0 Å². The van der Waals surface area contributed by atoms with Gasteiger partial charge in [-0.15, -0.1) is 0 Å². The molecule has 1 aromatic carbocycles. The predicted octanol–water partition coefficient (Wildman–Crippen LogP) is 2.63. The number of hydrogen-bond donors (Lipinski definition) is 2. The van der Waals surface area contributed by atoms with Crippen molar-refractivity contribution in [1.82, 2.24) is 5.32 Å². The van der Waals surface area contributed by atoms with E-state index in [1.807, 2.05) is 12.1 Å². The summed E-state index contributed by atoms with van der Waals surface area (Å²) in [4.78, 5) is 0. The summed E-state index contributed by atoms with van der Waals surface area (Å²) in [5.74, 6) is 0.678. The molecule has 2 rings (SSSR count). The van der Waals surface area contributed by atoms with Crippen LogP contribution in [0.15, 0.2) is 24.3 Å². The van der Waals surface area contributed by atoms with Crippen molar-refractivity contribution < 1.29 is 14.6 Å². The zero-order valence-electron chi connectivity index (χ0n) is 12.3. The average molecular weight is 314 g/mol. The molecule has 0 saturated carbocycles. The smallest absolute Gasteiger partial charge is 0.120 e. The Balaban J connectivity index is 1.54. The Morgan fingerprint density at radius 3 is 3.10 bits per heavy atom. The molecule has 21 heavy (non-hydrogen) atoms. The third kappa shape index (κ3) is 6.66. The monoisotopic (exact) mass is 313 g/mol. The van der Waals surface area contributed by atoms with Crippen LogP contribution in [-0.2, 0) is 4.74 Å². The van der Waals surface area contributed by atoms with Crippen LogP contribution in [0, 0.1) is 0 Å². The average Bonchev–Trinajstić information content (AvgIpc) is 2.51. The lowest BCUT2D eigenvalue weighted by Crippen LogP contribution is -2.33. The van der Waals surface area contributed by atoms with Gasteiger partial charge in [0.25, 0.3) is 0 Å². The van der Waals surface area contributed by atoms with Gasteiger partial charge in [0, 0.05) is 18.2 Å². The van der Waals surface area contributed by atoms with Gasteiger partial charge in [0.1, 0.15) is 18.5 Å². The highest BCUT2D eigenvalue weighted by Crippen LogP contribution is 2.17. The molecule has 1 heterocycles. The maximum Gasteiger partial charge on any atom is 0.120 e. The third-order valence-corrected chi connectivity index (χ3v) is 3.77. The molecule has 118 valence electrons. The Kier molecular flexibility index (Phi) is 7.30. The molecule has 0 aromatic heterocycles. The van der Waals surface area contributed by atoms with Crippen LogP contribution in [-0.4, -0.2) is 43.6 Å². The summed E-state index contributed by atoms with van der Waals surface area (Å²) in [6, 6.07) is 7.18. The SMILES string of the molecule is OC(CNCCC1CCCCO1)COc1cccc(Cl)c1. The predicted molar refractivity (Wildman–Crippen MR) is 84.0 cm³/mol. The van der Waals surface area contributed by atoms with E-state index < -0.39 is 6.10 Å². The highest BCUT2D eigenvalue weighted by molar-refractivity contribution is 6.30. The van der Waals surface area contributed by atoms with Crippen molar-refractivity contribution in [2.45, 2.75) is 37.9 Å². The van der Waals surface area contributed by atoms with Gasteiger partial charge in [-0.25, -0.2) is 0 Å². The van der Waals surface area contributed by atoms with E-state index in [1.54, 1.807) is 12.1 Å². The molecule has 0 bridgehead atoms. The van der Waals surface area contributed by atoms with Crippen LogP contribution in [0.3, 0.4) is 0 Å². The lowest BCUT2D eigenvalue weighted by atomic mass is 10.1. The van der Waals surface area contributed by atoms with E-state index in [1.165, 1.54) is 12.8 Å². The molecule has 2 atom stereocenters. The van der Waals surface area contributed by atoms with Gasteiger partial charge in [-0.05, 0) is 50.4 Å². The quantitative estimate of drug-likeness (QED) is 0.724. The fourth-order valence-electron chi connectivity index (χ4n) is 2.37. The number of nitrogens with one attached hydrogen (secondary N) is 1. The van der Waals surface area contributed by atoms with E-state index in [9.17, 15) is 5.11 Å². The van der Waals surface area contributed by atoms with Gasteiger partial charge in [0.15, 0.2) is 0 Å². The van der Waals surface area contributed by atoms with E-state index in [4.69, 9.17) is 21.1 Å². The molecule has 5 heteroatoms. The zero-order valence-corrected chi connectivity index (χ0v) is 13.0. The minimum atomic E-state index is -0.531. The molecule has 1 aliphatic heterocycles. The lowest BCUT2D eigenvalue weighted by molar-refractivity contribution is 0.0109. The topological polar surface area (TPSA) is 50.7 Å². The van der Waals surface area contributed by atoms with Crippen molar-refractivity contribution in [3.8, 4) is 5.75 Å². The Hall–Kier alpha value is -0.810. The lowest BCUT2D eigenvalue weighted by Gasteiger charge is -2.22. The molecule has 0 aliphatic carbocycles. The molecular formula is C16H24ClNO3. The summed E-state index contributed by atoms with van der Waals surface area (Å²) in [7, 11) is 0. The van der Waals surface area contributed by atoms with Crippen LogP contribution in [0.5, 0.6) is 5.75 Å². The van der Waals surface area contributed by atoms with Crippen LogP contribution in [0.2, 0.25) is 5.02 Å². The summed E-state index contributed by atoms with van der Waals surface area (Å²) in [6.07, 6.45) is 4.45. The summed E-state index contributed by atoms with van der Waals surface area (Å²) < 4.78 is 11.2. The van der Waals surface area contributed by atoms with E-state index >= 15 is 0 Å². The molecule has 4 nitrogen and oxygen atoms in total. The largest absolute Gasteiger partial charge is 0.491 e. The molecular weight excluding hydrogens is 290 g/mol. The summed E-state index contributed by atoms with van der Waals surface area (Å²) in [5, 5.41) is 13.7. The third-order valence-electron chi connectivity index (χ3n) is 3.54. The second-order valence-corrected chi connectivity index (χ2v) is 5.84. The fourth-order valence-corrected chi connectivity index (χ4v) is 2.56. The summed E-state index contributed by atoms with van der Waals surface area (Å²) in [6.45, 7) is 2.53. The number of benzene rings is 1. The van der Waals surface area contributed by atoms with Crippen LogP contribution >= 0.6 is 11.6 Å². The van der Waals surface area contributed by atoms with Gasteiger partial charge in [-0.1, -0.05) is 17.7 Å². The van der Waals surface area contributed by atoms with Crippen molar-refractivity contribution >= 4 is 11.6 Å². The Labute approximate surface area is 131 Å². The number of hydrogen-bond acceptors (Lipinski definition) is 4. The van der Waals surface area contributed by atoms with E-state index in [0.29, 0.717) is 23.4 Å². The highest BCUT2D eigenvalue weighted by atomic mass is 35.5. The first kappa shape index (κ1) is 16.6. The number of aliphatic hydroxyl groups excluding tert-OH is 1. The van der Waals surface area contributed by atoms with Crippen LogP contribution < -0.4 is 10.1 Å². The second-order valence-electron chi connectivity index (χ2n) is 5.40. The van der Waals surface area contributed by atoms with Crippen molar-refractivity contribution in [1.29, 1.82) is 0 Å². The van der Waals surface area contributed by atoms with Crippen LogP contribution in [0.1, 0.15) is 25.7 Å². The van der Waals surface area contributed by atoms with Gasteiger partial charge in [0.05, 0.1) is 6.10 Å². The Bertz CT molecular complexity index is 410. The first-order valence-corrected chi connectivity index (χ1v) is 8.00. The molecule has 0 spiro atoms.